The van der Waals surface area contributed by atoms with E-state index in [9.17, 15) is 13.2 Å². The SMILES string of the molecule is CC(C)Cc1cc(-c2ccc(Cn3ccnc3Cl)cc2)c(S(=O)(=O)NC(=O)OCC2(C)COC2)s1. The molecule has 0 radical (unpaired) electrons. The number of imidazole rings is 1. The van der Waals surface area contributed by atoms with Gasteiger partial charge in [-0.2, -0.15) is 0 Å². The number of benzene rings is 1. The first-order valence-electron chi connectivity index (χ1n) is 11.2. The third-order valence-electron chi connectivity index (χ3n) is 5.56. The summed E-state index contributed by atoms with van der Waals surface area (Å²) in [6, 6.07) is 9.47. The second-order valence-corrected chi connectivity index (χ2v) is 12.9. The lowest BCUT2D eigenvalue weighted by molar-refractivity contribution is -0.125. The van der Waals surface area contributed by atoms with Gasteiger partial charge in [0, 0.05) is 34.8 Å². The molecular formula is C24H28ClN3O5S2. The fourth-order valence-electron chi connectivity index (χ4n) is 3.70. The van der Waals surface area contributed by atoms with Crippen LogP contribution in [0.4, 0.5) is 4.79 Å². The highest BCUT2D eigenvalue weighted by molar-refractivity contribution is 7.92. The van der Waals surface area contributed by atoms with Crippen molar-refractivity contribution in [2.75, 3.05) is 19.8 Å². The number of amides is 1. The lowest BCUT2D eigenvalue weighted by Gasteiger charge is -2.36. The molecule has 8 nitrogen and oxygen atoms in total. The second-order valence-electron chi connectivity index (χ2n) is 9.52. The molecule has 188 valence electrons. The van der Waals surface area contributed by atoms with Crippen LogP contribution in [0, 0.1) is 11.3 Å². The highest BCUT2D eigenvalue weighted by Crippen LogP contribution is 2.36. The molecule has 1 aromatic carbocycles. The fourth-order valence-corrected chi connectivity index (χ4v) is 6.71. The van der Waals surface area contributed by atoms with E-state index in [0.717, 1.165) is 22.4 Å². The number of carbonyl (C=O) groups excluding carboxylic acids is 1. The maximum atomic E-state index is 13.2. The molecule has 2 aromatic heterocycles. The van der Waals surface area contributed by atoms with Crippen LogP contribution in [-0.4, -0.2) is 43.9 Å². The maximum absolute atomic E-state index is 13.2. The van der Waals surface area contributed by atoms with Crippen LogP contribution in [0.2, 0.25) is 5.28 Å². The molecule has 3 aromatic rings. The van der Waals surface area contributed by atoms with Gasteiger partial charge < -0.3 is 14.0 Å². The molecule has 0 unspecified atom stereocenters. The number of thiophene rings is 1. The Kier molecular flexibility index (Phi) is 7.56. The minimum Gasteiger partial charge on any atom is -0.448 e. The van der Waals surface area contributed by atoms with E-state index >= 15 is 0 Å². The average molecular weight is 538 g/mol. The Morgan fingerprint density at radius 2 is 2.03 bits per heavy atom. The number of halogens is 1. The first-order valence-corrected chi connectivity index (χ1v) is 13.9. The monoisotopic (exact) mass is 537 g/mol. The number of ether oxygens (including phenoxy) is 2. The summed E-state index contributed by atoms with van der Waals surface area (Å²) in [6.07, 6.45) is 3.16. The summed E-state index contributed by atoms with van der Waals surface area (Å²) in [6.45, 7) is 7.65. The Hall–Kier alpha value is -2.40. The van der Waals surface area contributed by atoms with Gasteiger partial charge in [-0.15, -0.1) is 11.3 Å². The van der Waals surface area contributed by atoms with E-state index in [2.05, 4.69) is 23.6 Å². The summed E-state index contributed by atoms with van der Waals surface area (Å²) in [7, 11) is -4.13. The predicted octanol–water partition coefficient (Wildman–Crippen LogP) is 4.96. The number of carbonyl (C=O) groups is 1. The van der Waals surface area contributed by atoms with Crippen LogP contribution in [0.5, 0.6) is 0 Å². The van der Waals surface area contributed by atoms with E-state index in [-0.39, 0.29) is 16.2 Å². The Balaban J connectivity index is 1.56. The predicted molar refractivity (Wildman–Crippen MR) is 135 cm³/mol. The van der Waals surface area contributed by atoms with E-state index in [1.165, 1.54) is 11.3 Å². The Bertz CT molecular complexity index is 1290. The van der Waals surface area contributed by atoms with Crippen LogP contribution in [0.1, 0.15) is 31.2 Å². The normalized spacial score (nSPS) is 15.1. The third kappa shape index (κ3) is 6.24. The quantitative estimate of drug-likeness (QED) is 0.414. The molecule has 35 heavy (non-hydrogen) atoms. The summed E-state index contributed by atoms with van der Waals surface area (Å²) >= 11 is 7.24. The average Bonchev–Trinajstić information content (AvgIpc) is 3.37. The van der Waals surface area contributed by atoms with E-state index in [1.807, 2.05) is 41.8 Å². The van der Waals surface area contributed by atoms with Crippen molar-refractivity contribution in [3.05, 3.63) is 58.4 Å². The van der Waals surface area contributed by atoms with Gasteiger partial charge in [-0.25, -0.2) is 22.9 Å². The van der Waals surface area contributed by atoms with Crippen LogP contribution < -0.4 is 4.72 Å². The summed E-state index contributed by atoms with van der Waals surface area (Å²) in [4.78, 5) is 17.2. The zero-order valence-corrected chi connectivity index (χ0v) is 22.2. The van der Waals surface area contributed by atoms with Crippen molar-refractivity contribution in [1.82, 2.24) is 14.3 Å². The lowest BCUT2D eigenvalue weighted by Crippen LogP contribution is -2.45. The number of rotatable bonds is 9. The molecule has 0 saturated carbocycles. The highest BCUT2D eigenvalue weighted by atomic mass is 35.5. The molecule has 1 fully saturated rings. The minimum absolute atomic E-state index is 0.0899. The molecule has 3 heterocycles. The fraction of sp³-hybridized carbons (Fsp3) is 0.417. The molecule has 1 aliphatic heterocycles. The molecule has 1 aliphatic rings. The van der Waals surface area contributed by atoms with E-state index in [0.29, 0.717) is 36.5 Å². The first-order chi connectivity index (χ1) is 16.5. The van der Waals surface area contributed by atoms with Gasteiger partial charge in [-0.1, -0.05) is 45.0 Å². The molecule has 1 N–H and O–H groups in total. The molecule has 4 rings (SSSR count). The van der Waals surface area contributed by atoms with Crippen LogP contribution >= 0.6 is 22.9 Å². The van der Waals surface area contributed by atoms with Gasteiger partial charge in [0.2, 0.25) is 5.28 Å². The van der Waals surface area contributed by atoms with Gasteiger partial charge in [-0.05, 0) is 41.1 Å². The molecule has 0 spiro atoms. The standard InChI is InChI=1S/C24H28ClN3O5S2/c1-16(2)10-19-11-20(18-6-4-17(5-7-18)12-28-9-8-26-22(28)25)21(34-19)35(30,31)27-23(29)33-15-24(3)13-32-14-24/h4-9,11,16H,10,12-15H2,1-3H3,(H,27,29). The number of hydrogen-bond acceptors (Lipinski definition) is 7. The number of nitrogens with zero attached hydrogens (tertiary/aromatic N) is 2. The largest absolute Gasteiger partial charge is 0.448 e. The van der Waals surface area contributed by atoms with Crippen molar-refractivity contribution >= 4 is 39.1 Å². The van der Waals surface area contributed by atoms with Crippen LogP contribution in [0.25, 0.3) is 11.1 Å². The Labute approximate surface area is 214 Å². The second kappa shape index (κ2) is 10.3. The molecule has 1 amide bonds. The van der Waals surface area contributed by atoms with Gasteiger partial charge in [-0.3, -0.25) is 0 Å². The topological polar surface area (TPSA) is 99.5 Å². The Morgan fingerprint density at radius 3 is 2.60 bits per heavy atom. The van der Waals surface area contributed by atoms with Gasteiger partial charge in [0.05, 0.1) is 13.2 Å². The molecule has 1 saturated heterocycles. The van der Waals surface area contributed by atoms with Crippen molar-refractivity contribution in [2.24, 2.45) is 11.3 Å². The van der Waals surface area contributed by atoms with Crippen LogP contribution in [-0.2, 0) is 32.5 Å². The summed E-state index contributed by atoms with van der Waals surface area (Å²) in [5, 5.41) is 0.399. The number of nitrogens with one attached hydrogen (secondary N) is 1. The zero-order valence-electron chi connectivity index (χ0n) is 19.8. The third-order valence-corrected chi connectivity index (χ3v) is 8.87. The number of hydrogen-bond donors (Lipinski definition) is 1. The van der Waals surface area contributed by atoms with Gasteiger partial charge in [0.25, 0.3) is 10.0 Å². The van der Waals surface area contributed by atoms with E-state index < -0.39 is 16.1 Å². The van der Waals surface area contributed by atoms with Crippen molar-refractivity contribution in [2.45, 2.75) is 37.9 Å². The number of sulfonamides is 1. The molecular weight excluding hydrogens is 510 g/mol. The van der Waals surface area contributed by atoms with E-state index in [1.54, 1.807) is 12.4 Å². The molecule has 0 aliphatic carbocycles. The minimum atomic E-state index is -4.13. The van der Waals surface area contributed by atoms with Crippen LogP contribution in [0.3, 0.4) is 0 Å². The van der Waals surface area contributed by atoms with Crippen molar-refractivity contribution in [1.29, 1.82) is 0 Å². The molecule has 0 bridgehead atoms. The zero-order chi connectivity index (χ0) is 25.2. The summed E-state index contributed by atoms with van der Waals surface area (Å²) < 4.78 is 40.7. The molecule has 11 heteroatoms. The summed E-state index contributed by atoms with van der Waals surface area (Å²) in [5.74, 6) is 0.350. The van der Waals surface area contributed by atoms with Crippen LogP contribution in [0.15, 0.2) is 46.9 Å². The van der Waals surface area contributed by atoms with Crippen molar-refractivity contribution < 1.29 is 22.7 Å². The highest BCUT2D eigenvalue weighted by Gasteiger charge is 2.35. The lowest BCUT2D eigenvalue weighted by atomic mass is 9.90. The summed E-state index contributed by atoms with van der Waals surface area (Å²) in [5.41, 5.74) is 2.01. The number of aromatic nitrogens is 2. The van der Waals surface area contributed by atoms with Gasteiger partial charge in [0.1, 0.15) is 10.8 Å². The first kappa shape index (κ1) is 25.7. The van der Waals surface area contributed by atoms with Gasteiger partial charge >= 0.3 is 6.09 Å². The Morgan fingerprint density at radius 1 is 1.31 bits per heavy atom. The van der Waals surface area contributed by atoms with Crippen molar-refractivity contribution in [3.8, 4) is 11.1 Å². The van der Waals surface area contributed by atoms with Crippen molar-refractivity contribution in [3.63, 3.8) is 0 Å². The molecule has 0 atom stereocenters. The van der Waals surface area contributed by atoms with Gasteiger partial charge in [0.15, 0.2) is 0 Å². The smallest absolute Gasteiger partial charge is 0.421 e. The maximum Gasteiger partial charge on any atom is 0.421 e. The van der Waals surface area contributed by atoms with E-state index in [4.69, 9.17) is 21.1 Å².